The molecule has 84 valence electrons. The normalized spacial score (nSPS) is 28.4. The molecule has 0 saturated heterocycles. The first-order chi connectivity index (χ1) is 7.43. The lowest BCUT2D eigenvalue weighted by Gasteiger charge is -2.44. The van der Waals surface area contributed by atoms with E-state index in [1.54, 1.807) is 18.4 Å². The van der Waals surface area contributed by atoms with Gasteiger partial charge in [0, 0.05) is 6.20 Å². The number of aliphatic imine (C=N–C) groups is 1. The molecule has 0 aromatic heterocycles. The maximum atomic E-state index is 11.4. The van der Waals surface area contributed by atoms with Gasteiger partial charge in [-0.15, -0.1) is 0 Å². The van der Waals surface area contributed by atoms with Crippen molar-refractivity contribution in [3.63, 3.8) is 0 Å². The molecule has 0 bridgehead atoms. The minimum absolute atomic E-state index is 0.170. The van der Waals surface area contributed by atoms with Gasteiger partial charge in [-0.05, 0) is 25.5 Å². The summed E-state index contributed by atoms with van der Waals surface area (Å²) in [6.45, 7) is 3.32. The fraction of sp³-hybridized carbons (Fsp3) is 0.364. The van der Waals surface area contributed by atoms with E-state index in [2.05, 4.69) is 4.99 Å². The average molecular weight is 219 g/mol. The molecule has 0 spiro atoms. The molecule has 2 aliphatic rings. The molecule has 0 saturated carbocycles. The third-order valence-electron chi connectivity index (χ3n) is 2.78. The van der Waals surface area contributed by atoms with Crippen LogP contribution in [0, 0.1) is 0 Å². The van der Waals surface area contributed by atoms with Gasteiger partial charge >= 0.3 is 0 Å². The van der Waals surface area contributed by atoms with Gasteiger partial charge in [0.25, 0.3) is 0 Å². The molecule has 5 nitrogen and oxygen atoms in total. The lowest BCUT2D eigenvalue weighted by Crippen LogP contribution is -2.61. The lowest BCUT2D eigenvalue weighted by atomic mass is 9.92. The van der Waals surface area contributed by atoms with Crippen molar-refractivity contribution in [1.82, 2.24) is 4.90 Å². The number of rotatable bonds is 1. The highest BCUT2D eigenvalue weighted by Crippen LogP contribution is 2.28. The van der Waals surface area contributed by atoms with Crippen LogP contribution >= 0.6 is 0 Å². The summed E-state index contributed by atoms with van der Waals surface area (Å²) in [6.07, 6.45) is 4.91. The highest BCUT2D eigenvalue weighted by Gasteiger charge is 2.40. The van der Waals surface area contributed by atoms with Gasteiger partial charge in [0.05, 0.1) is 17.9 Å². The molecule has 1 atom stereocenters. The van der Waals surface area contributed by atoms with E-state index >= 15 is 0 Å². The lowest BCUT2D eigenvalue weighted by molar-refractivity contribution is -0.316. The Kier molecular flexibility index (Phi) is 2.18. The summed E-state index contributed by atoms with van der Waals surface area (Å²) in [7, 11) is 0. The predicted molar refractivity (Wildman–Crippen MR) is 55.2 cm³/mol. The van der Waals surface area contributed by atoms with Crippen molar-refractivity contribution in [3.8, 4) is 0 Å². The molecule has 0 unspecified atom stereocenters. The predicted octanol–water partition coefficient (Wildman–Crippen LogP) is -0.401. The van der Waals surface area contributed by atoms with E-state index in [-0.39, 0.29) is 6.42 Å². The molecule has 2 rings (SSSR count). The molecule has 1 amide bonds. The Labute approximate surface area is 92.8 Å². The summed E-state index contributed by atoms with van der Waals surface area (Å²) in [5.41, 5.74) is -0.444. The van der Waals surface area contributed by atoms with Crippen LogP contribution in [0.1, 0.15) is 20.3 Å². The largest absolute Gasteiger partial charge is 0.548 e. The number of hydrogen-bond donors (Lipinski definition) is 0. The van der Waals surface area contributed by atoms with Crippen LogP contribution in [0.5, 0.6) is 0 Å². The SMILES string of the molecule is CC1=CN2C(=NC(=O)C[C@@]2(C)C(=O)[O-])C=C1. The second-order valence-corrected chi connectivity index (χ2v) is 4.18. The Morgan fingerprint density at radius 3 is 2.88 bits per heavy atom. The molecule has 16 heavy (non-hydrogen) atoms. The van der Waals surface area contributed by atoms with Crippen molar-refractivity contribution in [3.05, 3.63) is 23.9 Å². The van der Waals surface area contributed by atoms with Crippen molar-refractivity contribution in [1.29, 1.82) is 0 Å². The zero-order valence-corrected chi connectivity index (χ0v) is 9.06. The van der Waals surface area contributed by atoms with Gasteiger partial charge < -0.3 is 14.8 Å². The van der Waals surface area contributed by atoms with Crippen molar-refractivity contribution in [2.75, 3.05) is 0 Å². The number of carbonyl (C=O) groups is 2. The second kappa shape index (κ2) is 3.30. The molecule has 2 aliphatic heterocycles. The van der Waals surface area contributed by atoms with Crippen LogP contribution in [0.15, 0.2) is 28.9 Å². The van der Waals surface area contributed by atoms with E-state index in [4.69, 9.17) is 0 Å². The summed E-state index contributed by atoms with van der Waals surface area (Å²) < 4.78 is 0. The highest BCUT2D eigenvalue weighted by atomic mass is 16.4. The van der Waals surface area contributed by atoms with Gasteiger partial charge in [0.15, 0.2) is 0 Å². The summed E-state index contributed by atoms with van der Waals surface area (Å²) in [4.78, 5) is 27.8. The molecule has 0 radical (unpaired) electrons. The standard InChI is InChI=1S/C11H12N2O3/c1-7-3-4-8-12-9(14)5-11(2,10(15)16)13(8)6-7/h3-4,6H,5H2,1-2H3,(H,15,16)/p-1/t11-/m0/s1. The fourth-order valence-electron chi connectivity index (χ4n) is 1.80. The van der Waals surface area contributed by atoms with E-state index in [1.807, 2.05) is 6.92 Å². The van der Waals surface area contributed by atoms with Crippen LogP contribution in [-0.2, 0) is 9.59 Å². The zero-order chi connectivity index (χ0) is 11.9. The summed E-state index contributed by atoms with van der Waals surface area (Å²) in [6, 6.07) is 0. The molecular formula is C11H11N2O3-. The van der Waals surface area contributed by atoms with Crippen LogP contribution in [0.4, 0.5) is 0 Å². The number of carboxylic acid groups (broad SMARTS) is 1. The molecule has 0 fully saturated rings. The van der Waals surface area contributed by atoms with Crippen LogP contribution in [-0.4, -0.2) is 28.2 Å². The number of fused-ring (bicyclic) bond motifs is 1. The first-order valence-corrected chi connectivity index (χ1v) is 4.92. The first-order valence-electron chi connectivity index (χ1n) is 4.92. The second-order valence-electron chi connectivity index (χ2n) is 4.18. The minimum Gasteiger partial charge on any atom is -0.548 e. The average Bonchev–Trinajstić information content (AvgIpc) is 2.19. The summed E-state index contributed by atoms with van der Waals surface area (Å²) >= 11 is 0. The Balaban J connectivity index is 2.52. The molecule has 0 aromatic carbocycles. The molecule has 0 N–H and O–H groups in total. The van der Waals surface area contributed by atoms with E-state index < -0.39 is 17.4 Å². The first kappa shape index (κ1) is 10.6. The number of nitrogens with zero attached hydrogens (tertiary/aromatic N) is 2. The number of amidine groups is 1. The van der Waals surface area contributed by atoms with Gasteiger partial charge in [-0.2, -0.15) is 4.99 Å². The number of aliphatic carboxylic acids is 1. The van der Waals surface area contributed by atoms with E-state index in [9.17, 15) is 14.7 Å². The number of carboxylic acids is 1. The minimum atomic E-state index is -1.35. The Bertz CT molecular complexity index is 462. The monoisotopic (exact) mass is 219 g/mol. The van der Waals surface area contributed by atoms with Gasteiger partial charge in [0.2, 0.25) is 5.91 Å². The third kappa shape index (κ3) is 1.44. The Hall–Kier alpha value is -1.91. The summed E-state index contributed by atoms with van der Waals surface area (Å²) in [5.74, 6) is -1.35. The fourth-order valence-corrected chi connectivity index (χ4v) is 1.80. The van der Waals surface area contributed by atoms with Crippen LogP contribution in [0.2, 0.25) is 0 Å². The maximum absolute atomic E-state index is 11.4. The Morgan fingerprint density at radius 2 is 2.25 bits per heavy atom. The summed E-state index contributed by atoms with van der Waals surface area (Å²) in [5, 5.41) is 11.2. The van der Waals surface area contributed by atoms with Crippen LogP contribution in [0.3, 0.4) is 0 Å². The molecule has 5 heteroatoms. The van der Waals surface area contributed by atoms with Crippen LogP contribution < -0.4 is 5.11 Å². The van der Waals surface area contributed by atoms with Gasteiger partial charge in [-0.3, -0.25) is 4.79 Å². The molecule has 2 heterocycles. The number of hydrogen-bond acceptors (Lipinski definition) is 4. The quantitative estimate of drug-likeness (QED) is 0.601. The van der Waals surface area contributed by atoms with Gasteiger partial charge in [0.1, 0.15) is 5.84 Å². The highest BCUT2D eigenvalue weighted by molar-refractivity contribution is 6.08. The molecular weight excluding hydrogens is 208 g/mol. The van der Waals surface area contributed by atoms with Crippen molar-refractivity contribution < 1.29 is 14.7 Å². The number of allylic oxidation sites excluding steroid dienone is 2. The van der Waals surface area contributed by atoms with E-state index in [0.29, 0.717) is 5.84 Å². The van der Waals surface area contributed by atoms with Crippen molar-refractivity contribution in [2.24, 2.45) is 4.99 Å². The maximum Gasteiger partial charge on any atom is 0.250 e. The van der Waals surface area contributed by atoms with E-state index in [1.165, 1.54) is 11.8 Å². The van der Waals surface area contributed by atoms with Crippen molar-refractivity contribution >= 4 is 17.7 Å². The Morgan fingerprint density at radius 1 is 1.56 bits per heavy atom. The van der Waals surface area contributed by atoms with Crippen molar-refractivity contribution in [2.45, 2.75) is 25.8 Å². The van der Waals surface area contributed by atoms with E-state index in [0.717, 1.165) is 5.57 Å². The van der Waals surface area contributed by atoms with Crippen LogP contribution in [0.25, 0.3) is 0 Å². The van der Waals surface area contributed by atoms with Gasteiger partial charge in [-0.25, -0.2) is 0 Å². The topological polar surface area (TPSA) is 72.8 Å². The smallest absolute Gasteiger partial charge is 0.250 e. The third-order valence-corrected chi connectivity index (χ3v) is 2.78. The number of carbonyl (C=O) groups excluding carboxylic acids is 2. The molecule has 0 aromatic rings. The van der Waals surface area contributed by atoms with Gasteiger partial charge in [-0.1, -0.05) is 6.08 Å². The number of amides is 1. The zero-order valence-electron chi connectivity index (χ0n) is 9.06. The molecule has 0 aliphatic carbocycles.